The number of benzene rings is 1. The Labute approximate surface area is 120 Å². The molecule has 0 spiro atoms. The summed E-state index contributed by atoms with van der Waals surface area (Å²) in [6.07, 6.45) is 1.10. The van der Waals surface area contributed by atoms with E-state index >= 15 is 0 Å². The lowest BCUT2D eigenvalue weighted by Gasteiger charge is -2.13. The Kier molecular flexibility index (Phi) is 8.78. The van der Waals surface area contributed by atoms with Crippen LogP contribution in [0.5, 0.6) is 11.5 Å². The molecule has 0 amide bonds. The molecule has 0 heterocycles. The lowest BCUT2D eigenvalue weighted by Crippen LogP contribution is -2.15. The highest BCUT2D eigenvalue weighted by Crippen LogP contribution is 2.24. The highest BCUT2D eigenvalue weighted by atomic mass is 16.5. The summed E-state index contributed by atoms with van der Waals surface area (Å²) in [7, 11) is 1.64. The summed E-state index contributed by atoms with van der Waals surface area (Å²) in [5.74, 6) is 1.58. The number of nitrogens with one attached hydrogen (secondary N) is 1. The topological polar surface area (TPSA) is 60.0 Å². The molecule has 1 aromatic carbocycles. The van der Waals surface area contributed by atoms with Crippen LogP contribution in [0.1, 0.15) is 18.9 Å². The third-order valence-corrected chi connectivity index (χ3v) is 2.74. The van der Waals surface area contributed by atoms with Gasteiger partial charge in [-0.25, -0.2) is 0 Å². The first-order valence-corrected chi connectivity index (χ1v) is 7.00. The van der Waals surface area contributed by atoms with E-state index in [-0.39, 0.29) is 6.61 Å². The number of aliphatic hydroxyl groups is 1. The number of methoxy groups -OCH3 is 1. The zero-order valence-electron chi connectivity index (χ0n) is 12.4. The quantitative estimate of drug-likeness (QED) is 0.604. The van der Waals surface area contributed by atoms with Gasteiger partial charge in [0, 0.05) is 18.2 Å². The van der Waals surface area contributed by atoms with E-state index in [0.717, 1.165) is 36.6 Å². The summed E-state index contributed by atoms with van der Waals surface area (Å²) in [6.45, 7) is 5.16. The highest BCUT2D eigenvalue weighted by molar-refractivity contribution is 5.40. The van der Waals surface area contributed by atoms with Crippen molar-refractivity contribution in [2.75, 3.05) is 40.1 Å². The van der Waals surface area contributed by atoms with E-state index in [9.17, 15) is 0 Å². The van der Waals surface area contributed by atoms with Gasteiger partial charge in [0.25, 0.3) is 0 Å². The number of ether oxygens (including phenoxy) is 3. The third-order valence-electron chi connectivity index (χ3n) is 2.74. The maximum absolute atomic E-state index is 8.62. The van der Waals surface area contributed by atoms with Crippen LogP contribution in [0.3, 0.4) is 0 Å². The predicted octanol–water partition coefficient (Wildman–Crippen LogP) is 1.58. The minimum absolute atomic E-state index is 0.0331. The zero-order valence-corrected chi connectivity index (χ0v) is 12.4. The van der Waals surface area contributed by atoms with Crippen molar-refractivity contribution in [1.82, 2.24) is 5.32 Å². The van der Waals surface area contributed by atoms with Gasteiger partial charge in [-0.15, -0.1) is 0 Å². The standard InChI is InChI=1S/C15H25NO4/c1-3-6-16-12-13-4-5-14(18-2)11-15(13)20-10-9-19-8-7-17/h4-5,11,16-17H,3,6-10,12H2,1-2H3. The van der Waals surface area contributed by atoms with Crippen molar-refractivity contribution in [2.45, 2.75) is 19.9 Å². The molecule has 5 heteroatoms. The van der Waals surface area contributed by atoms with Crippen LogP contribution in [0.2, 0.25) is 0 Å². The third kappa shape index (κ3) is 6.23. The van der Waals surface area contributed by atoms with E-state index in [1.165, 1.54) is 0 Å². The first-order chi connectivity index (χ1) is 9.81. The van der Waals surface area contributed by atoms with Crippen LogP contribution in [0.15, 0.2) is 18.2 Å². The zero-order chi connectivity index (χ0) is 14.6. The molecule has 0 atom stereocenters. The maximum Gasteiger partial charge on any atom is 0.127 e. The van der Waals surface area contributed by atoms with Gasteiger partial charge in [0.2, 0.25) is 0 Å². The van der Waals surface area contributed by atoms with Crippen molar-refractivity contribution in [2.24, 2.45) is 0 Å². The lowest BCUT2D eigenvalue weighted by atomic mass is 10.2. The second-order valence-corrected chi connectivity index (χ2v) is 4.33. The highest BCUT2D eigenvalue weighted by Gasteiger charge is 2.06. The first-order valence-electron chi connectivity index (χ1n) is 7.00. The van der Waals surface area contributed by atoms with Crippen LogP contribution in [-0.2, 0) is 11.3 Å². The van der Waals surface area contributed by atoms with E-state index in [4.69, 9.17) is 19.3 Å². The molecule has 5 nitrogen and oxygen atoms in total. The van der Waals surface area contributed by atoms with Crippen molar-refractivity contribution in [3.05, 3.63) is 23.8 Å². The van der Waals surface area contributed by atoms with Crippen LogP contribution in [0.25, 0.3) is 0 Å². The minimum Gasteiger partial charge on any atom is -0.497 e. The monoisotopic (exact) mass is 283 g/mol. The molecule has 0 aliphatic heterocycles. The largest absolute Gasteiger partial charge is 0.497 e. The molecule has 0 aliphatic carbocycles. The van der Waals surface area contributed by atoms with Crippen molar-refractivity contribution in [3.63, 3.8) is 0 Å². The summed E-state index contributed by atoms with van der Waals surface area (Å²) < 4.78 is 16.1. The van der Waals surface area contributed by atoms with Gasteiger partial charge in [-0.1, -0.05) is 13.0 Å². The van der Waals surface area contributed by atoms with Gasteiger partial charge < -0.3 is 24.6 Å². The lowest BCUT2D eigenvalue weighted by molar-refractivity contribution is 0.0702. The fourth-order valence-electron chi connectivity index (χ4n) is 1.72. The van der Waals surface area contributed by atoms with Crippen molar-refractivity contribution in [1.29, 1.82) is 0 Å². The minimum atomic E-state index is 0.0331. The van der Waals surface area contributed by atoms with Crippen LogP contribution in [0, 0.1) is 0 Å². The Balaban J connectivity index is 2.54. The Hall–Kier alpha value is -1.30. The molecule has 0 saturated heterocycles. The van der Waals surface area contributed by atoms with E-state index in [1.54, 1.807) is 7.11 Å². The SMILES string of the molecule is CCCNCc1ccc(OC)cc1OCCOCCO. The summed E-state index contributed by atoms with van der Waals surface area (Å²) >= 11 is 0. The molecule has 1 aromatic rings. The molecule has 0 aliphatic rings. The van der Waals surface area contributed by atoms with E-state index in [2.05, 4.69) is 12.2 Å². The Morgan fingerprint density at radius 3 is 2.75 bits per heavy atom. The van der Waals surface area contributed by atoms with Crippen molar-refractivity contribution in [3.8, 4) is 11.5 Å². The fraction of sp³-hybridized carbons (Fsp3) is 0.600. The number of hydrogen-bond donors (Lipinski definition) is 2. The Morgan fingerprint density at radius 1 is 1.20 bits per heavy atom. The van der Waals surface area contributed by atoms with E-state index in [1.807, 2.05) is 18.2 Å². The van der Waals surface area contributed by atoms with Crippen LogP contribution < -0.4 is 14.8 Å². The summed E-state index contributed by atoms with van der Waals surface area (Å²) in [6, 6.07) is 5.82. The van der Waals surface area contributed by atoms with Gasteiger partial charge in [0.15, 0.2) is 0 Å². The Bertz CT molecular complexity index is 371. The van der Waals surface area contributed by atoms with E-state index in [0.29, 0.717) is 19.8 Å². The van der Waals surface area contributed by atoms with Crippen LogP contribution in [0.4, 0.5) is 0 Å². The molecule has 2 N–H and O–H groups in total. The Morgan fingerprint density at radius 2 is 2.05 bits per heavy atom. The average molecular weight is 283 g/mol. The maximum atomic E-state index is 8.62. The molecule has 0 radical (unpaired) electrons. The van der Waals surface area contributed by atoms with Crippen molar-refractivity contribution < 1.29 is 19.3 Å². The first kappa shape index (κ1) is 16.8. The molecule has 0 aromatic heterocycles. The van der Waals surface area contributed by atoms with Gasteiger partial charge >= 0.3 is 0 Å². The van der Waals surface area contributed by atoms with Crippen LogP contribution >= 0.6 is 0 Å². The van der Waals surface area contributed by atoms with E-state index < -0.39 is 0 Å². The summed E-state index contributed by atoms with van der Waals surface area (Å²) in [5, 5.41) is 12.0. The molecule has 0 unspecified atom stereocenters. The molecule has 0 fully saturated rings. The number of aliphatic hydroxyl groups excluding tert-OH is 1. The predicted molar refractivity (Wildman–Crippen MR) is 78.4 cm³/mol. The van der Waals surface area contributed by atoms with Gasteiger partial charge in [0.05, 0.1) is 26.9 Å². The molecule has 0 bridgehead atoms. The molecule has 0 saturated carbocycles. The van der Waals surface area contributed by atoms with Gasteiger partial charge in [0.1, 0.15) is 18.1 Å². The molecule has 20 heavy (non-hydrogen) atoms. The second-order valence-electron chi connectivity index (χ2n) is 4.33. The molecular formula is C15H25NO4. The van der Waals surface area contributed by atoms with Gasteiger partial charge in [-0.2, -0.15) is 0 Å². The van der Waals surface area contributed by atoms with Gasteiger partial charge in [-0.05, 0) is 19.0 Å². The summed E-state index contributed by atoms with van der Waals surface area (Å²) in [5.41, 5.74) is 1.10. The second kappa shape index (κ2) is 10.5. The number of hydrogen-bond acceptors (Lipinski definition) is 5. The average Bonchev–Trinajstić information content (AvgIpc) is 2.48. The smallest absolute Gasteiger partial charge is 0.127 e. The van der Waals surface area contributed by atoms with Crippen molar-refractivity contribution >= 4 is 0 Å². The number of rotatable bonds is 11. The summed E-state index contributed by atoms with van der Waals surface area (Å²) in [4.78, 5) is 0. The van der Waals surface area contributed by atoms with Crippen LogP contribution in [-0.4, -0.2) is 45.2 Å². The molecular weight excluding hydrogens is 258 g/mol. The van der Waals surface area contributed by atoms with Gasteiger partial charge in [-0.3, -0.25) is 0 Å². The fourth-order valence-corrected chi connectivity index (χ4v) is 1.72. The molecule has 1 rings (SSSR count). The normalized spacial score (nSPS) is 10.6. The molecule has 114 valence electrons.